The lowest BCUT2D eigenvalue weighted by molar-refractivity contribution is -0.147. The predicted molar refractivity (Wildman–Crippen MR) is 90.3 cm³/mol. The first kappa shape index (κ1) is 18.4. The third kappa shape index (κ3) is 3.95. The van der Waals surface area contributed by atoms with Gasteiger partial charge < -0.3 is 15.4 Å². The summed E-state index contributed by atoms with van der Waals surface area (Å²) in [5.41, 5.74) is 5.07. The number of ether oxygens (including phenoxy) is 1. The molecule has 1 fully saturated rings. The molecule has 1 heterocycles. The number of carbonyl (C=O) groups excluding carboxylic acids is 1. The van der Waals surface area contributed by atoms with Gasteiger partial charge in [-0.25, -0.2) is 0 Å². The highest BCUT2D eigenvalue weighted by Gasteiger charge is 2.45. The van der Waals surface area contributed by atoms with Crippen molar-refractivity contribution in [3.05, 3.63) is 0 Å². The van der Waals surface area contributed by atoms with E-state index in [-0.39, 0.29) is 11.5 Å². The maximum atomic E-state index is 13.1. The Bertz CT molecular complexity index is 380. The molecule has 1 saturated heterocycles. The van der Waals surface area contributed by atoms with Crippen LogP contribution in [0.2, 0.25) is 0 Å². The van der Waals surface area contributed by atoms with E-state index in [1.54, 1.807) is 7.11 Å². The van der Waals surface area contributed by atoms with Gasteiger partial charge in [0.25, 0.3) is 0 Å². The van der Waals surface area contributed by atoms with Crippen molar-refractivity contribution in [3.63, 3.8) is 0 Å². The second-order valence-corrected chi connectivity index (χ2v) is 6.87. The molecule has 0 aromatic rings. The Morgan fingerprint density at radius 2 is 1.95 bits per heavy atom. The van der Waals surface area contributed by atoms with E-state index in [0.717, 1.165) is 45.1 Å². The number of carbonyl (C=O) groups is 1. The number of amides is 1. The van der Waals surface area contributed by atoms with Gasteiger partial charge in [0.05, 0.1) is 16.0 Å². The largest absolute Gasteiger partial charge is 0.392 e. The van der Waals surface area contributed by atoms with Gasteiger partial charge in [-0.3, -0.25) is 4.79 Å². The highest BCUT2D eigenvalue weighted by molar-refractivity contribution is 7.80. The molecule has 1 rings (SSSR count). The molecule has 0 radical (unpaired) electrons. The second-order valence-electron chi connectivity index (χ2n) is 6.43. The molecule has 0 saturated carbocycles. The van der Waals surface area contributed by atoms with Crippen molar-refractivity contribution in [3.8, 4) is 0 Å². The van der Waals surface area contributed by atoms with Gasteiger partial charge >= 0.3 is 0 Å². The molecule has 0 spiro atoms. The van der Waals surface area contributed by atoms with E-state index in [9.17, 15) is 4.79 Å². The summed E-state index contributed by atoms with van der Waals surface area (Å²) in [6, 6.07) is 0. The van der Waals surface area contributed by atoms with E-state index in [1.165, 1.54) is 0 Å². The van der Waals surface area contributed by atoms with Crippen LogP contribution in [0.1, 0.15) is 59.3 Å². The molecule has 0 bridgehead atoms. The lowest BCUT2D eigenvalue weighted by Gasteiger charge is -2.43. The Hall–Kier alpha value is -0.680. The van der Waals surface area contributed by atoms with Crippen LogP contribution < -0.4 is 5.73 Å². The fourth-order valence-electron chi connectivity index (χ4n) is 3.39. The van der Waals surface area contributed by atoms with Crippen LogP contribution in [0.15, 0.2) is 0 Å². The van der Waals surface area contributed by atoms with Crippen LogP contribution in [0.3, 0.4) is 0 Å². The van der Waals surface area contributed by atoms with E-state index in [4.69, 9.17) is 22.7 Å². The number of thiocarbonyl (C=S) groups is 1. The molecule has 1 aliphatic rings. The van der Waals surface area contributed by atoms with E-state index in [2.05, 4.69) is 20.8 Å². The van der Waals surface area contributed by atoms with Crippen molar-refractivity contribution in [1.29, 1.82) is 0 Å². The number of nitrogens with two attached hydrogens (primary N) is 1. The van der Waals surface area contributed by atoms with Crippen molar-refractivity contribution in [2.75, 3.05) is 20.2 Å². The monoisotopic (exact) mass is 314 g/mol. The normalized spacial score (nSPS) is 23.1. The summed E-state index contributed by atoms with van der Waals surface area (Å²) < 4.78 is 5.59. The number of likely N-dealkylation sites (tertiary alicyclic amines) is 1. The maximum absolute atomic E-state index is 13.1. The predicted octanol–water partition coefficient (Wildman–Crippen LogP) is 2.89. The van der Waals surface area contributed by atoms with E-state index < -0.39 is 5.41 Å². The van der Waals surface area contributed by atoms with Crippen LogP contribution in [-0.4, -0.2) is 41.6 Å². The number of methoxy groups -OCH3 is 1. The van der Waals surface area contributed by atoms with Crippen molar-refractivity contribution in [2.24, 2.45) is 11.1 Å². The van der Waals surface area contributed by atoms with Crippen LogP contribution in [0.25, 0.3) is 0 Å². The van der Waals surface area contributed by atoms with Crippen molar-refractivity contribution in [1.82, 2.24) is 4.90 Å². The summed E-state index contributed by atoms with van der Waals surface area (Å²) >= 11 is 5.29. The molecule has 1 aliphatic heterocycles. The standard InChI is InChI=1S/C16H30N2O2S/c1-5-8-16(9-6-2,13(17)21)14(19)18-11-7-10-15(3,12-18)20-4/h5-12H2,1-4H3,(H2,17,21). The van der Waals surface area contributed by atoms with Crippen molar-refractivity contribution < 1.29 is 9.53 Å². The van der Waals surface area contributed by atoms with Crippen LogP contribution in [-0.2, 0) is 9.53 Å². The van der Waals surface area contributed by atoms with Crippen LogP contribution >= 0.6 is 12.2 Å². The van der Waals surface area contributed by atoms with Gasteiger partial charge in [0.1, 0.15) is 0 Å². The van der Waals surface area contributed by atoms with Crippen LogP contribution in [0.4, 0.5) is 0 Å². The molecule has 1 atom stereocenters. The molecule has 4 nitrogen and oxygen atoms in total. The average Bonchev–Trinajstić information content (AvgIpc) is 2.46. The molecule has 5 heteroatoms. The highest BCUT2D eigenvalue weighted by Crippen LogP contribution is 2.35. The van der Waals surface area contributed by atoms with Crippen molar-refractivity contribution >= 4 is 23.1 Å². The Morgan fingerprint density at radius 3 is 2.38 bits per heavy atom. The molecule has 2 N–H and O–H groups in total. The van der Waals surface area contributed by atoms with Gasteiger partial charge in [-0.05, 0) is 32.6 Å². The molecule has 1 amide bonds. The van der Waals surface area contributed by atoms with Crippen LogP contribution in [0, 0.1) is 5.41 Å². The first-order chi connectivity index (χ1) is 9.85. The fraction of sp³-hybridized carbons (Fsp3) is 0.875. The topological polar surface area (TPSA) is 55.6 Å². The lowest BCUT2D eigenvalue weighted by atomic mass is 9.77. The molecule has 0 aromatic heterocycles. The third-order valence-electron chi connectivity index (χ3n) is 4.67. The zero-order chi connectivity index (χ0) is 16.1. The Kier molecular flexibility index (Phi) is 6.60. The van der Waals surface area contributed by atoms with Crippen molar-refractivity contribution in [2.45, 2.75) is 64.9 Å². The number of hydrogen-bond donors (Lipinski definition) is 1. The Labute approximate surface area is 134 Å². The highest BCUT2D eigenvalue weighted by atomic mass is 32.1. The van der Waals surface area contributed by atoms with Gasteiger partial charge in [-0.1, -0.05) is 38.9 Å². The quantitative estimate of drug-likeness (QED) is 0.734. The molecular weight excluding hydrogens is 284 g/mol. The SMILES string of the molecule is CCCC(CCC)(C(=O)N1CCCC(C)(OC)C1)C(N)=S. The smallest absolute Gasteiger partial charge is 0.235 e. The zero-order valence-electron chi connectivity index (χ0n) is 13.9. The maximum Gasteiger partial charge on any atom is 0.235 e. The molecule has 122 valence electrons. The molecule has 0 aromatic carbocycles. The summed E-state index contributed by atoms with van der Waals surface area (Å²) in [5.74, 6) is 0.0988. The summed E-state index contributed by atoms with van der Waals surface area (Å²) in [4.78, 5) is 15.4. The zero-order valence-corrected chi connectivity index (χ0v) is 14.7. The molecule has 0 aliphatic carbocycles. The first-order valence-corrected chi connectivity index (χ1v) is 8.40. The van der Waals surface area contributed by atoms with E-state index in [0.29, 0.717) is 11.5 Å². The van der Waals surface area contributed by atoms with Gasteiger partial charge in [-0.15, -0.1) is 0 Å². The summed E-state index contributed by atoms with van der Waals surface area (Å²) in [7, 11) is 1.72. The minimum atomic E-state index is -0.676. The number of piperidine rings is 1. The fourth-order valence-corrected chi connectivity index (χ4v) is 3.68. The minimum Gasteiger partial charge on any atom is -0.392 e. The van der Waals surface area contributed by atoms with Gasteiger partial charge in [0, 0.05) is 20.2 Å². The van der Waals surface area contributed by atoms with E-state index >= 15 is 0 Å². The summed E-state index contributed by atoms with van der Waals surface area (Å²) in [6.07, 6.45) is 5.21. The van der Waals surface area contributed by atoms with Gasteiger partial charge in [0.2, 0.25) is 5.91 Å². The molecule has 1 unspecified atom stereocenters. The van der Waals surface area contributed by atoms with Crippen LogP contribution in [0.5, 0.6) is 0 Å². The average molecular weight is 314 g/mol. The first-order valence-electron chi connectivity index (χ1n) is 7.99. The Morgan fingerprint density at radius 1 is 1.38 bits per heavy atom. The molecule has 21 heavy (non-hydrogen) atoms. The second kappa shape index (κ2) is 7.54. The van der Waals surface area contributed by atoms with Gasteiger partial charge in [-0.2, -0.15) is 0 Å². The number of hydrogen-bond acceptors (Lipinski definition) is 3. The van der Waals surface area contributed by atoms with Gasteiger partial charge in [0.15, 0.2) is 0 Å². The van der Waals surface area contributed by atoms with E-state index in [1.807, 2.05) is 4.90 Å². The third-order valence-corrected chi connectivity index (χ3v) is 5.06. The molecular formula is C16H30N2O2S. The summed E-state index contributed by atoms with van der Waals surface area (Å²) in [5, 5.41) is 0. The number of rotatable bonds is 7. The minimum absolute atomic E-state index is 0.0988. The Balaban J connectivity index is 3.02. The lowest BCUT2D eigenvalue weighted by Crippen LogP contribution is -2.56. The summed E-state index contributed by atoms with van der Waals surface area (Å²) in [6.45, 7) is 7.61. The number of nitrogens with zero attached hydrogens (tertiary/aromatic N) is 1.